The van der Waals surface area contributed by atoms with Crippen LogP contribution in [0.2, 0.25) is 0 Å². The van der Waals surface area contributed by atoms with Crippen LogP contribution in [0, 0.1) is 11.8 Å². The number of alkyl carbamates (subject to hydrolysis) is 1. The van der Waals surface area contributed by atoms with Crippen LogP contribution in [0.25, 0.3) is 0 Å². The topological polar surface area (TPSA) is 51.2 Å². The van der Waals surface area contributed by atoms with Crippen molar-refractivity contribution in [1.29, 1.82) is 0 Å². The van der Waals surface area contributed by atoms with Crippen LogP contribution in [-0.4, -0.2) is 23.2 Å². The summed E-state index contributed by atoms with van der Waals surface area (Å²) in [6.07, 6.45) is 1.20. The molecule has 0 bridgehead atoms. The quantitative estimate of drug-likeness (QED) is 0.811. The molecule has 1 aromatic rings. The van der Waals surface area contributed by atoms with E-state index in [9.17, 15) is 4.79 Å². The molecule has 1 N–H and O–H groups in total. The van der Waals surface area contributed by atoms with E-state index in [4.69, 9.17) is 4.74 Å². The Labute approximate surface area is 115 Å². The number of amides is 1. The SMILES string of the molecule is CC(C)(C)OC(=O)NCC#Cc1ccc(Br)cn1. The summed E-state index contributed by atoms with van der Waals surface area (Å²) in [5.41, 5.74) is 0.161. The van der Waals surface area contributed by atoms with Gasteiger partial charge in [-0.2, -0.15) is 0 Å². The maximum absolute atomic E-state index is 11.3. The van der Waals surface area contributed by atoms with Crippen LogP contribution in [0.5, 0.6) is 0 Å². The zero-order valence-corrected chi connectivity index (χ0v) is 12.2. The van der Waals surface area contributed by atoms with Crippen molar-refractivity contribution in [3.8, 4) is 11.8 Å². The van der Waals surface area contributed by atoms with Gasteiger partial charge in [0.1, 0.15) is 11.3 Å². The molecule has 0 unspecified atom stereocenters. The van der Waals surface area contributed by atoms with Crippen molar-refractivity contribution in [2.45, 2.75) is 26.4 Å². The standard InChI is InChI=1S/C13H15BrN2O2/c1-13(2,3)18-12(17)15-8-4-5-11-7-6-10(14)9-16-11/h6-7,9H,8H2,1-3H3,(H,15,17). The second-order valence-electron chi connectivity index (χ2n) is 4.52. The molecule has 1 rings (SSSR count). The second-order valence-corrected chi connectivity index (χ2v) is 5.43. The number of rotatable bonds is 1. The lowest BCUT2D eigenvalue weighted by molar-refractivity contribution is 0.0535. The zero-order valence-electron chi connectivity index (χ0n) is 10.6. The third-order valence-electron chi connectivity index (χ3n) is 1.66. The van der Waals surface area contributed by atoms with Crippen LogP contribution >= 0.6 is 15.9 Å². The number of halogens is 1. The fourth-order valence-corrected chi connectivity index (χ4v) is 1.25. The first-order chi connectivity index (χ1) is 8.37. The zero-order chi connectivity index (χ0) is 13.6. The van der Waals surface area contributed by atoms with E-state index in [0.29, 0.717) is 5.69 Å². The van der Waals surface area contributed by atoms with Gasteiger partial charge in [0, 0.05) is 10.7 Å². The molecule has 0 saturated carbocycles. The summed E-state index contributed by atoms with van der Waals surface area (Å²) >= 11 is 3.29. The Bertz CT molecular complexity index is 466. The maximum atomic E-state index is 11.3. The molecule has 0 fully saturated rings. The largest absolute Gasteiger partial charge is 0.444 e. The van der Waals surface area contributed by atoms with Crippen LogP contribution in [0.3, 0.4) is 0 Å². The van der Waals surface area contributed by atoms with Gasteiger partial charge in [-0.3, -0.25) is 0 Å². The van der Waals surface area contributed by atoms with E-state index in [2.05, 4.69) is 38.1 Å². The van der Waals surface area contributed by atoms with Crippen molar-refractivity contribution in [2.75, 3.05) is 6.54 Å². The molecule has 1 aromatic heterocycles. The number of nitrogens with zero attached hydrogens (tertiary/aromatic N) is 1. The molecule has 0 radical (unpaired) electrons. The Morgan fingerprint density at radius 3 is 2.78 bits per heavy atom. The first-order valence-electron chi connectivity index (χ1n) is 5.44. The minimum Gasteiger partial charge on any atom is -0.444 e. The van der Waals surface area contributed by atoms with Crippen LogP contribution in [-0.2, 0) is 4.74 Å². The van der Waals surface area contributed by atoms with Gasteiger partial charge in [0.05, 0.1) is 6.54 Å². The maximum Gasteiger partial charge on any atom is 0.408 e. The molecule has 0 aliphatic heterocycles. The monoisotopic (exact) mass is 310 g/mol. The number of carbonyl (C=O) groups is 1. The second kappa shape index (κ2) is 6.41. The van der Waals surface area contributed by atoms with Crippen LogP contribution < -0.4 is 5.32 Å². The summed E-state index contributed by atoms with van der Waals surface area (Å²) in [6, 6.07) is 3.66. The molecule has 0 aliphatic carbocycles. The lowest BCUT2D eigenvalue weighted by Gasteiger charge is -2.18. The normalized spacial score (nSPS) is 10.2. The molecule has 0 aliphatic rings. The van der Waals surface area contributed by atoms with Gasteiger partial charge >= 0.3 is 6.09 Å². The van der Waals surface area contributed by atoms with Gasteiger partial charge in [-0.1, -0.05) is 5.92 Å². The molecule has 0 atom stereocenters. The number of carbonyl (C=O) groups excluding carboxylic acids is 1. The van der Waals surface area contributed by atoms with Gasteiger partial charge in [-0.25, -0.2) is 9.78 Å². The molecule has 5 heteroatoms. The van der Waals surface area contributed by atoms with E-state index >= 15 is 0 Å². The van der Waals surface area contributed by atoms with E-state index in [1.165, 1.54) is 0 Å². The van der Waals surface area contributed by atoms with E-state index < -0.39 is 11.7 Å². The minimum absolute atomic E-state index is 0.229. The number of hydrogen-bond donors (Lipinski definition) is 1. The molecule has 96 valence electrons. The number of nitrogens with one attached hydrogen (secondary N) is 1. The minimum atomic E-state index is -0.495. The summed E-state index contributed by atoms with van der Waals surface area (Å²) in [7, 11) is 0. The first-order valence-corrected chi connectivity index (χ1v) is 6.23. The molecule has 1 amide bonds. The number of pyridine rings is 1. The van der Waals surface area contributed by atoms with Gasteiger partial charge < -0.3 is 10.1 Å². The van der Waals surface area contributed by atoms with E-state index in [1.54, 1.807) is 12.3 Å². The van der Waals surface area contributed by atoms with Crippen LogP contribution in [0.4, 0.5) is 4.79 Å². The van der Waals surface area contributed by atoms with Gasteiger partial charge in [0.25, 0.3) is 0 Å². The van der Waals surface area contributed by atoms with Gasteiger partial charge in [-0.15, -0.1) is 0 Å². The van der Waals surface area contributed by atoms with Crippen molar-refractivity contribution < 1.29 is 9.53 Å². The number of hydrogen-bond acceptors (Lipinski definition) is 3. The lowest BCUT2D eigenvalue weighted by atomic mass is 10.2. The van der Waals surface area contributed by atoms with Gasteiger partial charge in [0.2, 0.25) is 0 Å². The molecule has 4 nitrogen and oxygen atoms in total. The summed E-state index contributed by atoms with van der Waals surface area (Å²) in [5.74, 6) is 5.64. The Balaban J connectivity index is 2.38. The summed E-state index contributed by atoms with van der Waals surface area (Å²) in [6.45, 7) is 5.66. The Morgan fingerprint density at radius 2 is 2.22 bits per heavy atom. The van der Waals surface area contributed by atoms with Crippen molar-refractivity contribution in [2.24, 2.45) is 0 Å². The summed E-state index contributed by atoms with van der Waals surface area (Å²) in [4.78, 5) is 15.4. The van der Waals surface area contributed by atoms with Crippen molar-refractivity contribution >= 4 is 22.0 Å². The third-order valence-corrected chi connectivity index (χ3v) is 2.13. The van der Waals surface area contributed by atoms with Gasteiger partial charge in [0.15, 0.2) is 0 Å². The van der Waals surface area contributed by atoms with E-state index in [-0.39, 0.29) is 6.54 Å². The smallest absolute Gasteiger partial charge is 0.408 e. The lowest BCUT2D eigenvalue weighted by Crippen LogP contribution is -2.32. The Hall–Kier alpha value is -1.54. The average molecular weight is 311 g/mol. The van der Waals surface area contributed by atoms with E-state index in [0.717, 1.165) is 4.47 Å². The van der Waals surface area contributed by atoms with E-state index in [1.807, 2.05) is 26.8 Å². The molecule has 0 spiro atoms. The molecule has 0 aromatic carbocycles. The fourth-order valence-electron chi connectivity index (χ4n) is 1.02. The Kier molecular flexibility index (Phi) is 5.17. The molecular formula is C13H15BrN2O2. The van der Waals surface area contributed by atoms with Crippen molar-refractivity contribution in [3.05, 3.63) is 28.5 Å². The first kappa shape index (κ1) is 14.5. The molecular weight excluding hydrogens is 296 g/mol. The van der Waals surface area contributed by atoms with Crippen molar-refractivity contribution in [1.82, 2.24) is 10.3 Å². The third kappa shape index (κ3) is 6.26. The molecule has 1 heterocycles. The summed E-state index contributed by atoms with van der Waals surface area (Å²) in [5, 5.41) is 2.55. The summed E-state index contributed by atoms with van der Waals surface area (Å²) < 4.78 is 5.97. The highest BCUT2D eigenvalue weighted by molar-refractivity contribution is 9.10. The number of ether oxygens (including phenoxy) is 1. The molecule has 0 saturated heterocycles. The Morgan fingerprint density at radius 1 is 1.50 bits per heavy atom. The van der Waals surface area contributed by atoms with Crippen LogP contribution in [0.1, 0.15) is 26.5 Å². The highest BCUT2D eigenvalue weighted by Gasteiger charge is 2.14. The van der Waals surface area contributed by atoms with Crippen LogP contribution in [0.15, 0.2) is 22.8 Å². The highest BCUT2D eigenvalue weighted by Crippen LogP contribution is 2.07. The average Bonchev–Trinajstić information content (AvgIpc) is 2.24. The highest BCUT2D eigenvalue weighted by atomic mass is 79.9. The molecule has 18 heavy (non-hydrogen) atoms. The predicted octanol–water partition coefficient (Wildman–Crippen LogP) is 2.72. The predicted molar refractivity (Wildman–Crippen MR) is 73.1 cm³/mol. The van der Waals surface area contributed by atoms with Crippen molar-refractivity contribution in [3.63, 3.8) is 0 Å². The number of aromatic nitrogens is 1. The fraction of sp³-hybridized carbons (Fsp3) is 0.385. The van der Waals surface area contributed by atoms with Gasteiger partial charge in [-0.05, 0) is 54.8 Å².